The first-order chi connectivity index (χ1) is 7.58. The Balaban J connectivity index is 2.00. The number of rotatable bonds is 4. The van der Waals surface area contributed by atoms with Crippen LogP contribution in [0.5, 0.6) is 0 Å². The molecule has 2 heterocycles. The zero-order valence-electron chi connectivity index (χ0n) is 9.65. The standard InChI is InChI=1S/C11H15N3S2/c1-8-13-14-10(16-8)12-7-11(2,3)9-5-4-6-15-9/h4-6H,7H2,1-3H3,(H,12,14). The van der Waals surface area contributed by atoms with Crippen LogP contribution in [0.1, 0.15) is 23.7 Å². The first kappa shape index (κ1) is 11.5. The van der Waals surface area contributed by atoms with Crippen molar-refractivity contribution >= 4 is 27.8 Å². The predicted octanol–water partition coefficient (Wildman–Crippen LogP) is 3.30. The summed E-state index contributed by atoms with van der Waals surface area (Å²) in [4.78, 5) is 1.39. The summed E-state index contributed by atoms with van der Waals surface area (Å²) in [5.74, 6) is 0. The maximum atomic E-state index is 4.06. The molecular formula is C11H15N3S2. The van der Waals surface area contributed by atoms with Crippen LogP contribution < -0.4 is 5.32 Å². The van der Waals surface area contributed by atoms with Crippen LogP contribution in [-0.4, -0.2) is 16.7 Å². The minimum absolute atomic E-state index is 0.133. The topological polar surface area (TPSA) is 37.8 Å². The molecule has 0 aliphatic heterocycles. The van der Waals surface area contributed by atoms with E-state index in [1.54, 1.807) is 22.7 Å². The molecule has 16 heavy (non-hydrogen) atoms. The van der Waals surface area contributed by atoms with Gasteiger partial charge in [0.25, 0.3) is 0 Å². The molecule has 5 heteroatoms. The van der Waals surface area contributed by atoms with Crippen LogP contribution in [0, 0.1) is 6.92 Å². The van der Waals surface area contributed by atoms with E-state index in [1.807, 2.05) is 6.92 Å². The van der Waals surface area contributed by atoms with Gasteiger partial charge in [-0.3, -0.25) is 0 Å². The molecule has 0 unspecified atom stereocenters. The van der Waals surface area contributed by atoms with Gasteiger partial charge in [0.2, 0.25) is 5.13 Å². The van der Waals surface area contributed by atoms with Crippen molar-refractivity contribution in [3.63, 3.8) is 0 Å². The summed E-state index contributed by atoms with van der Waals surface area (Å²) in [6, 6.07) is 4.27. The summed E-state index contributed by atoms with van der Waals surface area (Å²) in [6.07, 6.45) is 0. The van der Waals surface area contributed by atoms with E-state index in [0.29, 0.717) is 0 Å². The van der Waals surface area contributed by atoms with Gasteiger partial charge in [-0.1, -0.05) is 31.3 Å². The maximum Gasteiger partial charge on any atom is 0.205 e. The first-order valence-electron chi connectivity index (χ1n) is 5.16. The average molecular weight is 253 g/mol. The van der Waals surface area contributed by atoms with E-state index < -0.39 is 0 Å². The van der Waals surface area contributed by atoms with Crippen LogP contribution >= 0.6 is 22.7 Å². The van der Waals surface area contributed by atoms with Crippen molar-refractivity contribution in [2.75, 3.05) is 11.9 Å². The number of anilines is 1. The number of thiophene rings is 1. The molecule has 0 radical (unpaired) electrons. The molecule has 0 aliphatic rings. The van der Waals surface area contributed by atoms with Crippen molar-refractivity contribution in [2.24, 2.45) is 0 Å². The van der Waals surface area contributed by atoms with Gasteiger partial charge in [0.15, 0.2) is 0 Å². The molecule has 0 aliphatic carbocycles. The highest BCUT2D eigenvalue weighted by atomic mass is 32.1. The number of hydrogen-bond acceptors (Lipinski definition) is 5. The molecule has 0 saturated heterocycles. The van der Waals surface area contributed by atoms with Gasteiger partial charge >= 0.3 is 0 Å². The normalized spacial score (nSPS) is 11.7. The third-order valence-electron chi connectivity index (χ3n) is 2.40. The Morgan fingerprint density at radius 1 is 1.38 bits per heavy atom. The summed E-state index contributed by atoms with van der Waals surface area (Å²) in [5, 5.41) is 15.4. The summed E-state index contributed by atoms with van der Waals surface area (Å²) < 4.78 is 0. The minimum Gasteiger partial charge on any atom is -0.359 e. The van der Waals surface area contributed by atoms with E-state index >= 15 is 0 Å². The van der Waals surface area contributed by atoms with Gasteiger partial charge in [0.1, 0.15) is 5.01 Å². The number of nitrogens with one attached hydrogen (secondary N) is 1. The SMILES string of the molecule is Cc1nnc(NCC(C)(C)c2cccs2)s1. The van der Waals surface area contributed by atoms with Gasteiger partial charge in [-0.2, -0.15) is 0 Å². The van der Waals surface area contributed by atoms with Gasteiger partial charge in [0, 0.05) is 16.8 Å². The zero-order chi connectivity index (χ0) is 11.6. The summed E-state index contributed by atoms with van der Waals surface area (Å²) >= 11 is 3.39. The lowest BCUT2D eigenvalue weighted by atomic mass is 9.92. The van der Waals surface area contributed by atoms with Crippen molar-refractivity contribution in [2.45, 2.75) is 26.2 Å². The number of hydrogen-bond donors (Lipinski definition) is 1. The number of aryl methyl sites for hydroxylation is 1. The summed E-state index contributed by atoms with van der Waals surface area (Å²) in [7, 11) is 0. The van der Waals surface area contributed by atoms with Gasteiger partial charge in [-0.25, -0.2) is 0 Å². The lowest BCUT2D eigenvalue weighted by molar-refractivity contribution is 0.569. The molecule has 0 amide bonds. The Hall–Kier alpha value is -0.940. The van der Waals surface area contributed by atoms with Crippen LogP contribution in [-0.2, 0) is 5.41 Å². The molecule has 0 bridgehead atoms. The van der Waals surface area contributed by atoms with E-state index in [-0.39, 0.29) is 5.41 Å². The van der Waals surface area contributed by atoms with Crippen LogP contribution in [0.15, 0.2) is 17.5 Å². The highest BCUT2D eigenvalue weighted by molar-refractivity contribution is 7.15. The van der Waals surface area contributed by atoms with Crippen LogP contribution in [0.2, 0.25) is 0 Å². The monoisotopic (exact) mass is 253 g/mol. The largest absolute Gasteiger partial charge is 0.359 e. The Kier molecular flexibility index (Phi) is 3.25. The van der Waals surface area contributed by atoms with Crippen LogP contribution in [0.3, 0.4) is 0 Å². The summed E-state index contributed by atoms with van der Waals surface area (Å²) in [6.45, 7) is 7.31. The molecule has 2 aromatic rings. The van der Waals surface area contributed by atoms with E-state index in [0.717, 1.165) is 16.7 Å². The Bertz CT molecular complexity index is 446. The molecule has 86 valence electrons. The molecule has 2 aromatic heterocycles. The van der Waals surface area contributed by atoms with Crippen molar-refractivity contribution in [1.82, 2.24) is 10.2 Å². The van der Waals surface area contributed by atoms with Crippen molar-refractivity contribution in [3.8, 4) is 0 Å². The Morgan fingerprint density at radius 2 is 2.19 bits per heavy atom. The molecule has 0 atom stereocenters. The second-order valence-electron chi connectivity index (χ2n) is 4.34. The Morgan fingerprint density at radius 3 is 2.75 bits per heavy atom. The Labute approximate surface area is 104 Å². The highest BCUT2D eigenvalue weighted by Crippen LogP contribution is 2.28. The first-order valence-corrected chi connectivity index (χ1v) is 6.85. The van der Waals surface area contributed by atoms with Crippen LogP contribution in [0.25, 0.3) is 0 Å². The second-order valence-corrected chi connectivity index (χ2v) is 6.47. The second kappa shape index (κ2) is 4.51. The van der Waals surface area contributed by atoms with E-state index in [1.165, 1.54) is 4.88 Å². The number of nitrogens with zero attached hydrogens (tertiary/aromatic N) is 2. The fourth-order valence-corrected chi connectivity index (χ4v) is 2.85. The third-order valence-corrected chi connectivity index (χ3v) is 4.43. The maximum absolute atomic E-state index is 4.06. The highest BCUT2D eigenvalue weighted by Gasteiger charge is 2.21. The minimum atomic E-state index is 0.133. The van der Waals surface area contributed by atoms with Crippen molar-refractivity contribution in [1.29, 1.82) is 0 Å². The van der Waals surface area contributed by atoms with Gasteiger partial charge in [0.05, 0.1) is 0 Å². The smallest absolute Gasteiger partial charge is 0.205 e. The third kappa shape index (κ3) is 2.59. The molecule has 0 spiro atoms. The molecule has 0 saturated carbocycles. The van der Waals surface area contributed by atoms with Crippen LogP contribution in [0.4, 0.5) is 5.13 Å². The fraction of sp³-hybridized carbons (Fsp3) is 0.455. The van der Waals surface area contributed by atoms with Crippen molar-refractivity contribution in [3.05, 3.63) is 27.4 Å². The van der Waals surface area contributed by atoms with Gasteiger partial charge in [-0.15, -0.1) is 21.5 Å². The number of aromatic nitrogens is 2. The molecule has 2 rings (SSSR count). The molecule has 0 aromatic carbocycles. The van der Waals surface area contributed by atoms with E-state index in [9.17, 15) is 0 Å². The average Bonchev–Trinajstić information content (AvgIpc) is 2.85. The van der Waals surface area contributed by atoms with Gasteiger partial charge in [-0.05, 0) is 18.4 Å². The molecule has 1 N–H and O–H groups in total. The predicted molar refractivity (Wildman–Crippen MR) is 70.5 cm³/mol. The lowest BCUT2D eigenvalue weighted by Crippen LogP contribution is -2.26. The fourth-order valence-electron chi connectivity index (χ4n) is 1.42. The summed E-state index contributed by atoms with van der Waals surface area (Å²) in [5.41, 5.74) is 0.133. The van der Waals surface area contributed by atoms with Crippen molar-refractivity contribution < 1.29 is 0 Å². The van der Waals surface area contributed by atoms with Gasteiger partial charge < -0.3 is 5.32 Å². The van der Waals surface area contributed by atoms with E-state index in [2.05, 4.69) is 46.9 Å². The van der Waals surface area contributed by atoms with E-state index in [4.69, 9.17) is 0 Å². The molecule has 3 nitrogen and oxygen atoms in total. The zero-order valence-corrected chi connectivity index (χ0v) is 11.3. The molecule has 0 fully saturated rings. The quantitative estimate of drug-likeness (QED) is 0.908. The molecular weight excluding hydrogens is 238 g/mol. The lowest BCUT2D eigenvalue weighted by Gasteiger charge is -2.23.